The van der Waals surface area contributed by atoms with E-state index in [4.69, 9.17) is 0 Å². The molecule has 1 atom stereocenters. The molecule has 0 fully saturated rings. The van der Waals surface area contributed by atoms with Gasteiger partial charge in [0.1, 0.15) is 0 Å². The van der Waals surface area contributed by atoms with Gasteiger partial charge >= 0.3 is 0 Å². The first-order chi connectivity index (χ1) is 7.11. The van der Waals surface area contributed by atoms with Crippen molar-refractivity contribution in [3.05, 3.63) is 17.5 Å². The van der Waals surface area contributed by atoms with Gasteiger partial charge in [-0.1, -0.05) is 6.92 Å². The fraction of sp³-hybridized carbons (Fsp3) is 0.727. The zero-order valence-electron chi connectivity index (χ0n) is 10.2. The first kappa shape index (κ1) is 12.2. The van der Waals surface area contributed by atoms with Crippen LogP contribution in [0.2, 0.25) is 0 Å². The Morgan fingerprint density at radius 3 is 2.87 bits per heavy atom. The Balaban J connectivity index is 2.25. The van der Waals surface area contributed by atoms with Gasteiger partial charge in [-0.05, 0) is 33.5 Å². The lowest BCUT2D eigenvalue weighted by Gasteiger charge is -2.20. The Morgan fingerprint density at radius 1 is 1.60 bits per heavy atom. The molecule has 0 aliphatic heterocycles. The number of hydrogen-bond acceptors (Lipinski definition) is 3. The second-order valence-corrected chi connectivity index (χ2v) is 4.18. The molecule has 4 heteroatoms. The first-order valence-electron chi connectivity index (χ1n) is 5.54. The van der Waals surface area contributed by atoms with Gasteiger partial charge in [0.05, 0.1) is 5.69 Å². The van der Waals surface area contributed by atoms with Crippen molar-refractivity contribution in [1.29, 1.82) is 0 Å². The van der Waals surface area contributed by atoms with Gasteiger partial charge in [-0.15, -0.1) is 0 Å². The predicted molar refractivity (Wildman–Crippen MR) is 62.8 cm³/mol. The lowest BCUT2D eigenvalue weighted by molar-refractivity contribution is 0.309. The number of aromatic amines is 1. The molecule has 0 spiro atoms. The Morgan fingerprint density at radius 2 is 2.33 bits per heavy atom. The molecule has 1 unspecified atom stereocenters. The van der Waals surface area contributed by atoms with Crippen molar-refractivity contribution < 1.29 is 0 Å². The predicted octanol–water partition coefficient (Wildman–Crippen LogP) is 1.15. The summed E-state index contributed by atoms with van der Waals surface area (Å²) in [6.45, 7) is 9.39. The average molecular weight is 210 g/mol. The number of aromatic nitrogens is 2. The number of hydrogen-bond donors (Lipinski definition) is 2. The van der Waals surface area contributed by atoms with Crippen molar-refractivity contribution in [3.63, 3.8) is 0 Å². The molecule has 2 N–H and O–H groups in total. The zero-order valence-corrected chi connectivity index (χ0v) is 10.2. The van der Waals surface area contributed by atoms with Crippen LogP contribution in [0.4, 0.5) is 0 Å². The summed E-state index contributed by atoms with van der Waals surface area (Å²) in [5, 5.41) is 10.6. The topological polar surface area (TPSA) is 44.0 Å². The van der Waals surface area contributed by atoms with Gasteiger partial charge in [-0.2, -0.15) is 5.10 Å². The molecular formula is C11H22N4. The quantitative estimate of drug-likeness (QED) is 0.740. The van der Waals surface area contributed by atoms with Crippen LogP contribution in [0.3, 0.4) is 0 Å². The Labute approximate surface area is 92.1 Å². The monoisotopic (exact) mass is 210 g/mol. The highest BCUT2D eigenvalue weighted by atomic mass is 15.1. The zero-order chi connectivity index (χ0) is 11.3. The van der Waals surface area contributed by atoms with Crippen molar-refractivity contribution in [2.75, 3.05) is 20.1 Å². The Kier molecular flexibility index (Phi) is 4.78. The van der Waals surface area contributed by atoms with Crippen LogP contribution in [-0.2, 0) is 6.54 Å². The summed E-state index contributed by atoms with van der Waals surface area (Å²) in [6.07, 6.45) is 0. The SMILES string of the molecule is CCN(C)CC(C)NCc1cc(C)[nH]n1. The standard InChI is InChI=1S/C11H22N4/c1-5-15(4)8-10(3)12-7-11-6-9(2)13-14-11/h6,10,12H,5,7-8H2,1-4H3,(H,13,14). The van der Waals surface area contributed by atoms with E-state index in [9.17, 15) is 0 Å². The van der Waals surface area contributed by atoms with E-state index in [2.05, 4.69) is 47.4 Å². The second-order valence-electron chi connectivity index (χ2n) is 4.18. The minimum Gasteiger partial charge on any atom is -0.307 e. The van der Waals surface area contributed by atoms with Crippen molar-refractivity contribution >= 4 is 0 Å². The van der Waals surface area contributed by atoms with Crippen LogP contribution < -0.4 is 5.32 Å². The summed E-state index contributed by atoms with van der Waals surface area (Å²) in [5.41, 5.74) is 2.20. The molecule has 0 aliphatic carbocycles. The summed E-state index contributed by atoms with van der Waals surface area (Å²) in [4.78, 5) is 2.30. The van der Waals surface area contributed by atoms with E-state index in [1.165, 1.54) is 0 Å². The molecule has 15 heavy (non-hydrogen) atoms. The third kappa shape index (κ3) is 4.44. The molecule has 0 amide bonds. The van der Waals surface area contributed by atoms with Crippen molar-refractivity contribution in [3.8, 4) is 0 Å². The highest BCUT2D eigenvalue weighted by molar-refractivity contribution is 5.06. The molecular weight excluding hydrogens is 188 g/mol. The van der Waals surface area contributed by atoms with Crippen molar-refractivity contribution in [1.82, 2.24) is 20.4 Å². The lowest BCUT2D eigenvalue weighted by Crippen LogP contribution is -2.37. The van der Waals surface area contributed by atoms with Crippen LogP contribution in [0.15, 0.2) is 6.07 Å². The minimum atomic E-state index is 0.493. The van der Waals surface area contributed by atoms with Gasteiger partial charge < -0.3 is 10.2 Å². The fourth-order valence-electron chi connectivity index (χ4n) is 1.50. The summed E-state index contributed by atoms with van der Waals surface area (Å²) in [7, 11) is 2.14. The number of H-pyrrole nitrogens is 1. The van der Waals surface area contributed by atoms with Gasteiger partial charge in [0.25, 0.3) is 0 Å². The van der Waals surface area contributed by atoms with E-state index in [0.29, 0.717) is 6.04 Å². The fourth-order valence-corrected chi connectivity index (χ4v) is 1.50. The third-order valence-corrected chi connectivity index (χ3v) is 2.52. The largest absolute Gasteiger partial charge is 0.307 e. The molecule has 1 heterocycles. The van der Waals surface area contributed by atoms with E-state index < -0.39 is 0 Å². The normalized spacial score (nSPS) is 13.4. The van der Waals surface area contributed by atoms with Crippen molar-refractivity contribution in [2.24, 2.45) is 0 Å². The third-order valence-electron chi connectivity index (χ3n) is 2.52. The maximum Gasteiger partial charge on any atom is 0.0762 e. The highest BCUT2D eigenvalue weighted by Crippen LogP contribution is 1.98. The van der Waals surface area contributed by atoms with Crippen LogP contribution in [0, 0.1) is 6.92 Å². The van der Waals surface area contributed by atoms with Crippen LogP contribution >= 0.6 is 0 Å². The second kappa shape index (κ2) is 5.88. The first-order valence-corrected chi connectivity index (χ1v) is 5.54. The number of aryl methyl sites for hydroxylation is 1. The number of rotatable bonds is 6. The van der Waals surface area contributed by atoms with E-state index in [1.54, 1.807) is 0 Å². The lowest BCUT2D eigenvalue weighted by atomic mass is 10.3. The number of likely N-dealkylation sites (N-methyl/N-ethyl adjacent to an activating group) is 1. The summed E-state index contributed by atoms with van der Waals surface area (Å²) >= 11 is 0. The molecule has 0 saturated heterocycles. The van der Waals surface area contributed by atoms with Crippen LogP contribution in [0.25, 0.3) is 0 Å². The maximum atomic E-state index is 4.19. The molecule has 0 aromatic carbocycles. The van der Waals surface area contributed by atoms with Gasteiger partial charge in [-0.25, -0.2) is 0 Å². The number of nitrogens with zero attached hydrogens (tertiary/aromatic N) is 2. The van der Waals surface area contributed by atoms with Crippen molar-refractivity contribution in [2.45, 2.75) is 33.4 Å². The molecule has 1 rings (SSSR count). The van der Waals surface area contributed by atoms with Gasteiger partial charge in [-0.3, -0.25) is 5.10 Å². The van der Waals surface area contributed by atoms with Crippen LogP contribution in [0.1, 0.15) is 25.2 Å². The average Bonchev–Trinajstić information content (AvgIpc) is 2.61. The molecule has 0 saturated carbocycles. The minimum absolute atomic E-state index is 0.493. The van der Waals surface area contributed by atoms with Crippen LogP contribution in [-0.4, -0.2) is 41.3 Å². The molecule has 0 radical (unpaired) electrons. The van der Waals surface area contributed by atoms with E-state index >= 15 is 0 Å². The van der Waals surface area contributed by atoms with E-state index in [1.807, 2.05) is 6.92 Å². The smallest absolute Gasteiger partial charge is 0.0762 e. The van der Waals surface area contributed by atoms with Gasteiger partial charge in [0.2, 0.25) is 0 Å². The highest BCUT2D eigenvalue weighted by Gasteiger charge is 2.05. The Hall–Kier alpha value is -0.870. The molecule has 86 valence electrons. The molecule has 1 aromatic heterocycles. The Bertz CT molecular complexity index is 282. The maximum absolute atomic E-state index is 4.19. The van der Waals surface area contributed by atoms with Gasteiger partial charge in [0, 0.05) is 24.8 Å². The molecule has 0 aliphatic rings. The molecule has 1 aromatic rings. The summed E-state index contributed by atoms with van der Waals surface area (Å²) in [5.74, 6) is 0. The molecule has 0 bridgehead atoms. The van der Waals surface area contributed by atoms with E-state index in [0.717, 1.165) is 31.0 Å². The summed E-state index contributed by atoms with van der Waals surface area (Å²) in [6, 6.07) is 2.57. The van der Waals surface area contributed by atoms with E-state index in [-0.39, 0.29) is 0 Å². The number of nitrogens with one attached hydrogen (secondary N) is 2. The van der Waals surface area contributed by atoms with Crippen LogP contribution in [0.5, 0.6) is 0 Å². The summed E-state index contributed by atoms with van der Waals surface area (Å²) < 4.78 is 0. The van der Waals surface area contributed by atoms with Gasteiger partial charge in [0.15, 0.2) is 0 Å². The molecule has 4 nitrogen and oxygen atoms in total.